The number of quaternary nitrogens is 1. The van der Waals surface area contributed by atoms with E-state index in [4.69, 9.17) is 18.5 Å². The number of phosphoric acid groups is 1. The second kappa shape index (κ2) is 40.9. The molecule has 0 saturated heterocycles. The van der Waals surface area contributed by atoms with Gasteiger partial charge >= 0.3 is 11.9 Å². The van der Waals surface area contributed by atoms with Gasteiger partial charge in [-0.15, -0.1) is 0 Å². The molecule has 0 bridgehead atoms. The van der Waals surface area contributed by atoms with Crippen molar-refractivity contribution in [1.82, 2.24) is 0 Å². The Morgan fingerprint density at radius 2 is 0.914 bits per heavy atom. The molecule has 0 radical (unpaired) electrons. The van der Waals surface area contributed by atoms with Gasteiger partial charge in [0.15, 0.2) is 6.10 Å². The maximum atomic E-state index is 12.7. The van der Waals surface area contributed by atoms with Crippen LogP contribution in [0.2, 0.25) is 0 Å². The van der Waals surface area contributed by atoms with Gasteiger partial charge in [0, 0.05) is 12.8 Å². The standard InChI is InChI=1S/C48H92NO8P/c1-6-8-10-12-14-16-18-19-20-21-22-23-24-25-26-27-28-29-31-33-35-37-39-41-48(51)57-46(45-56-58(52,53)55-43-42-49(3,4)5)44-54-47(50)40-38-36-34-32-30-17-15-13-11-9-7-2/h13,15,33,35,46H,6-12,14,16-32,34,36-45H2,1-5H3/b15-13+,35-33+/t46-/m1/s1. The zero-order valence-electron chi connectivity index (χ0n) is 38.5. The molecule has 0 rings (SSSR count). The molecule has 1 unspecified atom stereocenters. The van der Waals surface area contributed by atoms with Crippen LogP contribution in [0.25, 0.3) is 0 Å². The van der Waals surface area contributed by atoms with Gasteiger partial charge in [0.25, 0.3) is 7.82 Å². The van der Waals surface area contributed by atoms with Gasteiger partial charge in [-0.05, 0) is 51.4 Å². The summed E-state index contributed by atoms with van der Waals surface area (Å²) >= 11 is 0. The van der Waals surface area contributed by atoms with Crippen LogP contribution in [-0.2, 0) is 32.7 Å². The highest BCUT2D eigenvalue weighted by atomic mass is 31.2. The first-order valence-electron chi connectivity index (χ1n) is 24.0. The van der Waals surface area contributed by atoms with E-state index in [0.29, 0.717) is 17.4 Å². The molecule has 9 nitrogen and oxygen atoms in total. The van der Waals surface area contributed by atoms with Crippen molar-refractivity contribution in [1.29, 1.82) is 0 Å². The van der Waals surface area contributed by atoms with Crippen LogP contribution in [-0.4, -0.2) is 70.0 Å². The summed E-state index contributed by atoms with van der Waals surface area (Å²) in [5, 5.41) is 0. The van der Waals surface area contributed by atoms with Crippen molar-refractivity contribution in [3.05, 3.63) is 24.3 Å². The molecule has 2 atom stereocenters. The molecule has 0 aliphatic heterocycles. The van der Waals surface area contributed by atoms with Crippen molar-refractivity contribution in [2.75, 3.05) is 47.5 Å². The first-order valence-corrected chi connectivity index (χ1v) is 25.5. The Bertz CT molecular complexity index is 1040. The van der Waals surface area contributed by atoms with Gasteiger partial charge in [0.2, 0.25) is 0 Å². The van der Waals surface area contributed by atoms with Crippen LogP contribution in [0.3, 0.4) is 0 Å². The number of esters is 2. The van der Waals surface area contributed by atoms with Crippen molar-refractivity contribution in [2.24, 2.45) is 0 Å². The Kier molecular flexibility index (Phi) is 39.8. The second-order valence-electron chi connectivity index (χ2n) is 17.5. The van der Waals surface area contributed by atoms with Gasteiger partial charge in [-0.25, -0.2) is 0 Å². The van der Waals surface area contributed by atoms with E-state index in [9.17, 15) is 19.0 Å². The number of phosphoric ester groups is 1. The largest absolute Gasteiger partial charge is 0.756 e. The minimum absolute atomic E-state index is 0.0353. The molecule has 0 aliphatic carbocycles. The van der Waals surface area contributed by atoms with Crippen molar-refractivity contribution >= 4 is 19.8 Å². The zero-order chi connectivity index (χ0) is 42.8. The fraction of sp³-hybridized carbons (Fsp3) is 0.875. The summed E-state index contributed by atoms with van der Waals surface area (Å²) in [5.74, 6) is -0.877. The maximum Gasteiger partial charge on any atom is 0.306 e. The Labute approximate surface area is 358 Å². The molecule has 342 valence electrons. The highest BCUT2D eigenvalue weighted by Gasteiger charge is 2.21. The average Bonchev–Trinajstić information content (AvgIpc) is 3.17. The van der Waals surface area contributed by atoms with Crippen molar-refractivity contribution < 1.29 is 42.1 Å². The van der Waals surface area contributed by atoms with Crippen LogP contribution >= 0.6 is 7.82 Å². The number of hydrogen-bond acceptors (Lipinski definition) is 8. The molecular weight excluding hydrogens is 750 g/mol. The van der Waals surface area contributed by atoms with Gasteiger partial charge in [-0.1, -0.05) is 179 Å². The number of hydrogen-bond donors (Lipinski definition) is 0. The van der Waals surface area contributed by atoms with E-state index in [-0.39, 0.29) is 26.1 Å². The van der Waals surface area contributed by atoms with Crippen LogP contribution in [0.4, 0.5) is 0 Å². The van der Waals surface area contributed by atoms with Crippen molar-refractivity contribution in [2.45, 2.75) is 225 Å². The van der Waals surface area contributed by atoms with Gasteiger partial charge in [-0.3, -0.25) is 14.2 Å². The van der Waals surface area contributed by atoms with Gasteiger partial charge in [-0.2, -0.15) is 0 Å². The molecule has 0 saturated carbocycles. The van der Waals surface area contributed by atoms with Gasteiger partial charge < -0.3 is 27.9 Å². The summed E-state index contributed by atoms with van der Waals surface area (Å²) in [6.07, 6.45) is 45.2. The minimum Gasteiger partial charge on any atom is -0.756 e. The Morgan fingerprint density at radius 1 is 0.517 bits per heavy atom. The van der Waals surface area contributed by atoms with Gasteiger partial charge in [0.05, 0.1) is 27.7 Å². The van der Waals surface area contributed by atoms with E-state index in [1.807, 2.05) is 21.1 Å². The minimum atomic E-state index is -4.63. The fourth-order valence-corrected chi connectivity index (χ4v) is 7.37. The monoisotopic (exact) mass is 842 g/mol. The lowest BCUT2D eigenvalue weighted by Crippen LogP contribution is -2.37. The predicted octanol–water partition coefficient (Wildman–Crippen LogP) is 13.3. The summed E-state index contributed by atoms with van der Waals surface area (Å²) in [4.78, 5) is 37.5. The molecule has 0 amide bonds. The lowest BCUT2D eigenvalue weighted by molar-refractivity contribution is -0.870. The molecule has 0 spiro atoms. The topological polar surface area (TPSA) is 111 Å². The molecule has 0 aromatic carbocycles. The number of unbranched alkanes of at least 4 members (excludes halogenated alkanes) is 26. The van der Waals surface area contributed by atoms with E-state index in [1.165, 1.54) is 128 Å². The molecule has 0 aromatic heterocycles. The summed E-state index contributed by atoms with van der Waals surface area (Å²) in [6.45, 7) is 4.17. The summed E-state index contributed by atoms with van der Waals surface area (Å²) < 4.78 is 33.9. The molecule has 0 N–H and O–H groups in total. The fourth-order valence-electron chi connectivity index (χ4n) is 6.64. The van der Waals surface area contributed by atoms with Crippen LogP contribution in [0, 0.1) is 0 Å². The number of likely N-dealkylation sites (N-methyl/N-ethyl adjacent to an activating group) is 1. The van der Waals surface area contributed by atoms with Crippen molar-refractivity contribution in [3.63, 3.8) is 0 Å². The summed E-state index contributed by atoms with van der Waals surface area (Å²) in [7, 11) is 1.15. The molecule has 0 aliphatic rings. The van der Waals surface area contributed by atoms with E-state index < -0.39 is 32.5 Å². The number of carbonyl (C=O) groups is 2. The van der Waals surface area contributed by atoms with Crippen LogP contribution in [0.5, 0.6) is 0 Å². The highest BCUT2D eigenvalue weighted by Crippen LogP contribution is 2.38. The van der Waals surface area contributed by atoms with E-state index in [2.05, 4.69) is 38.2 Å². The van der Waals surface area contributed by atoms with E-state index in [1.54, 1.807) is 0 Å². The average molecular weight is 842 g/mol. The molecular formula is C48H92NO8P. The third-order valence-electron chi connectivity index (χ3n) is 10.4. The summed E-state index contributed by atoms with van der Waals surface area (Å²) in [5.41, 5.74) is 0. The lowest BCUT2D eigenvalue weighted by atomic mass is 10.0. The predicted molar refractivity (Wildman–Crippen MR) is 241 cm³/mol. The van der Waals surface area contributed by atoms with E-state index >= 15 is 0 Å². The first-order chi connectivity index (χ1) is 28.0. The molecule has 58 heavy (non-hydrogen) atoms. The second-order valence-corrected chi connectivity index (χ2v) is 18.9. The van der Waals surface area contributed by atoms with Crippen LogP contribution < -0.4 is 4.89 Å². The normalized spacial score (nSPS) is 13.7. The number of allylic oxidation sites excluding steroid dienone is 4. The molecule has 10 heteroatoms. The smallest absolute Gasteiger partial charge is 0.306 e. The SMILES string of the molecule is CCCC/C=C/CCCCCCCC(=O)OC[C@H](COP(=O)([O-])OCC[N+](C)(C)C)OC(=O)CCC/C=C/CCCCCCCCCCCCCCCCCCCC. The van der Waals surface area contributed by atoms with Gasteiger partial charge in [0.1, 0.15) is 19.8 Å². The van der Waals surface area contributed by atoms with E-state index in [0.717, 1.165) is 57.8 Å². The number of ether oxygens (including phenoxy) is 2. The number of nitrogens with zero attached hydrogens (tertiary/aromatic N) is 1. The first kappa shape index (κ1) is 56.5. The lowest BCUT2D eigenvalue weighted by Gasteiger charge is -2.28. The molecule has 0 fully saturated rings. The Morgan fingerprint density at radius 3 is 1.38 bits per heavy atom. The number of rotatable bonds is 44. The van der Waals surface area contributed by atoms with Crippen LogP contribution in [0.1, 0.15) is 219 Å². The summed E-state index contributed by atoms with van der Waals surface area (Å²) in [6, 6.07) is 0. The van der Waals surface area contributed by atoms with Crippen LogP contribution in [0.15, 0.2) is 24.3 Å². The Balaban J connectivity index is 4.23. The van der Waals surface area contributed by atoms with Crippen molar-refractivity contribution in [3.8, 4) is 0 Å². The quantitative estimate of drug-likeness (QED) is 0.0196. The molecule has 0 heterocycles. The third kappa shape index (κ3) is 44.1. The molecule has 0 aromatic rings. The zero-order valence-corrected chi connectivity index (χ0v) is 39.4. The maximum absolute atomic E-state index is 12.7. The Hall–Kier alpha value is -1.51. The number of carbonyl (C=O) groups excluding carboxylic acids is 2. The third-order valence-corrected chi connectivity index (χ3v) is 11.4. The highest BCUT2D eigenvalue weighted by molar-refractivity contribution is 7.45.